The number of ether oxygens (including phenoxy) is 2. The summed E-state index contributed by atoms with van der Waals surface area (Å²) in [6.45, 7) is 5.46. The Kier molecular flexibility index (Phi) is 12.7. The van der Waals surface area contributed by atoms with Crippen LogP contribution in [0.3, 0.4) is 0 Å². The van der Waals surface area contributed by atoms with Crippen molar-refractivity contribution in [3.05, 3.63) is 0 Å². The zero-order valence-corrected chi connectivity index (χ0v) is 13.0. The second-order valence-corrected chi connectivity index (χ2v) is 6.16. The molecule has 0 atom stereocenters. The van der Waals surface area contributed by atoms with Gasteiger partial charge in [0.2, 0.25) is 0 Å². The summed E-state index contributed by atoms with van der Waals surface area (Å²) in [5.74, 6) is 0. The fraction of sp³-hybridized carbons (Fsp3) is 1.00. The van der Waals surface area contributed by atoms with E-state index >= 15 is 0 Å². The van der Waals surface area contributed by atoms with Crippen LogP contribution in [0.15, 0.2) is 0 Å². The van der Waals surface area contributed by atoms with E-state index in [4.69, 9.17) is 9.47 Å². The van der Waals surface area contributed by atoms with E-state index in [0.29, 0.717) is 13.0 Å². The van der Waals surface area contributed by atoms with E-state index in [9.17, 15) is 8.42 Å². The molecule has 0 amide bonds. The van der Waals surface area contributed by atoms with Gasteiger partial charge < -0.3 is 9.47 Å². The maximum absolute atomic E-state index is 10.7. The number of hydrogen-bond donors (Lipinski definition) is 0. The molecule has 0 aliphatic carbocycles. The van der Waals surface area contributed by atoms with E-state index in [1.54, 1.807) is 0 Å². The highest BCUT2D eigenvalue weighted by Gasteiger charge is 2.00. The van der Waals surface area contributed by atoms with Crippen LogP contribution in [0.1, 0.15) is 45.4 Å². The summed E-state index contributed by atoms with van der Waals surface area (Å²) in [6.07, 6.45) is 6.92. The predicted molar refractivity (Wildman–Crippen MR) is 75.8 cm³/mol. The van der Waals surface area contributed by atoms with Crippen LogP contribution in [0, 0.1) is 0 Å². The predicted octanol–water partition coefficient (Wildman–Crippen LogP) is 2.36. The molecule has 0 bridgehead atoms. The van der Waals surface area contributed by atoms with Crippen molar-refractivity contribution < 1.29 is 22.1 Å². The van der Waals surface area contributed by atoms with Crippen molar-refractivity contribution in [2.45, 2.75) is 45.4 Å². The van der Waals surface area contributed by atoms with Gasteiger partial charge in [-0.15, -0.1) is 0 Å². The number of unbranched alkanes of at least 4 members (excludes halogenated alkanes) is 3. The highest BCUT2D eigenvalue weighted by Crippen LogP contribution is 1.97. The molecule has 0 aromatic carbocycles. The Labute approximate surface area is 117 Å². The van der Waals surface area contributed by atoms with Gasteiger partial charge in [-0.25, -0.2) is 0 Å². The molecular weight excluding hydrogens is 268 g/mol. The molecule has 0 saturated heterocycles. The SMILES string of the molecule is CCCCOCCCCOCCCCOS(C)(=O)=O. The smallest absolute Gasteiger partial charge is 0.264 e. The third-order valence-electron chi connectivity index (χ3n) is 2.45. The normalized spacial score (nSPS) is 11.9. The van der Waals surface area contributed by atoms with Crippen molar-refractivity contribution in [1.82, 2.24) is 0 Å². The summed E-state index contributed by atoms with van der Waals surface area (Å²) in [5, 5.41) is 0. The maximum atomic E-state index is 10.7. The van der Waals surface area contributed by atoms with Crippen LogP contribution in [-0.2, 0) is 23.8 Å². The van der Waals surface area contributed by atoms with Gasteiger partial charge in [0, 0.05) is 26.4 Å². The molecule has 5 nitrogen and oxygen atoms in total. The topological polar surface area (TPSA) is 61.8 Å². The minimum atomic E-state index is -3.29. The Hall–Kier alpha value is -0.170. The van der Waals surface area contributed by atoms with Gasteiger partial charge in [0.25, 0.3) is 10.1 Å². The highest BCUT2D eigenvalue weighted by molar-refractivity contribution is 7.85. The van der Waals surface area contributed by atoms with Gasteiger partial charge in [-0.2, -0.15) is 8.42 Å². The molecule has 0 radical (unpaired) electrons. The van der Waals surface area contributed by atoms with E-state index in [2.05, 4.69) is 11.1 Å². The third-order valence-corrected chi connectivity index (χ3v) is 3.04. The molecule has 0 unspecified atom stereocenters. The van der Waals surface area contributed by atoms with Crippen molar-refractivity contribution in [1.29, 1.82) is 0 Å². The Bertz CT molecular complexity index is 277. The fourth-order valence-corrected chi connectivity index (χ4v) is 1.80. The standard InChI is InChI=1S/C13H28O5S/c1-3-4-9-16-10-5-6-11-17-12-7-8-13-18-19(2,14)15/h3-13H2,1-2H3. The molecule has 0 rings (SSSR count). The third kappa shape index (κ3) is 17.8. The minimum absolute atomic E-state index is 0.244. The number of rotatable bonds is 14. The van der Waals surface area contributed by atoms with E-state index in [-0.39, 0.29) is 6.61 Å². The van der Waals surface area contributed by atoms with Crippen LogP contribution in [0.25, 0.3) is 0 Å². The first-order chi connectivity index (χ1) is 9.06. The zero-order valence-electron chi connectivity index (χ0n) is 12.2. The molecule has 6 heteroatoms. The molecule has 0 aromatic rings. The molecule has 0 saturated carbocycles. The first-order valence-corrected chi connectivity index (χ1v) is 8.88. The van der Waals surface area contributed by atoms with Crippen molar-refractivity contribution >= 4 is 10.1 Å². The molecule has 0 aliphatic rings. The number of hydrogen-bond acceptors (Lipinski definition) is 5. The van der Waals surface area contributed by atoms with E-state index in [1.165, 1.54) is 6.42 Å². The Morgan fingerprint density at radius 2 is 1.16 bits per heavy atom. The molecular formula is C13H28O5S. The monoisotopic (exact) mass is 296 g/mol. The lowest BCUT2D eigenvalue weighted by molar-refractivity contribution is 0.0986. The lowest BCUT2D eigenvalue weighted by Gasteiger charge is -2.05. The summed E-state index contributed by atoms with van der Waals surface area (Å²) in [5.41, 5.74) is 0. The van der Waals surface area contributed by atoms with Gasteiger partial charge in [-0.3, -0.25) is 4.18 Å². The summed E-state index contributed by atoms with van der Waals surface area (Å²) < 4.78 is 36.8. The second-order valence-electron chi connectivity index (χ2n) is 4.52. The summed E-state index contributed by atoms with van der Waals surface area (Å²) in [7, 11) is -3.29. The van der Waals surface area contributed by atoms with E-state index < -0.39 is 10.1 Å². The highest BCUT2D eigenvalue weighted by atomic mass is 32.2. The minimum Gasteiger partial charge on any atom is -0.381 e. The van der Waals surface area contributed by atoms with E-state index in [0.717, 1.165) is 51.8 Å². The molecule has 0 aliphatic heterocycles. The lowest BCUT2D eigenvalue weighted by Crippen LogP contribution is -2.05. The van der Waals surface area contributed by atoms with Gasteiger partial charge in [0.1, 0.15) is 0 Å². The van der Waals surface area contributed by atoms with Gasteiger partial charge in [-0.1, -0.05) is 13.3 Å². The van der Waals surface area contributed by atoms with Crippen LogP contribution < -0.4 is 0 Å². The fourth-order valence-electron chi connectivity index (χ4n) is 1.38. The van der Waals surface area contributed by atoms with Gasteiger partial charge in [-0.05, 0) is 32.1 Å². The first kappa shape index (κ1) is 18.8. The van der Waals surface area contributed by atoms with Crippen LogP contribution in [-0.4, -0.2) is 47.7 Å². The Balaban J connectivity index is 3.03. The average Bonchev–Trinajstić information content (AvgIpc) is 2.34. The molecule has 0 heterocycles. The van der Waals surface area contributed by atoms with Gasteiger partial charge in [0.15, 0.2) is 0 Å². The van der Waals surface area contributed by atoms with Gasteiger partial charge >= 0.3 is 0 Å². The zero-order chi connectivity index (χ0) is 14.4. The van der Waals surface area contributed by atoms with Crippen LogP contribution in [0.5, 0.6) is 0 Å². The maximum Gasteiger partial charge on any atom is 0.264 e. The first-order valence-electron chi connectivity index (χ1n) is 7.06. The van der Waals surface area contributed by atoms with Crippen molar-refractivity contribution in [2.24, 2.45) is 0 Å². The summed E-state index contributed by atoms with van der Waals surface area (Å²) in [4.78, 5) is 0. The molecule has 0 aromatic heterocycles. The van der Waals surface area contributed by atoms with E-state index in [1.807, 2.05) is 0 Å². The van der Waals surface area contributed by atoms with Crippen LogP contribution in [0.4, 0.5) is 0 Å². The molecule has 0 N–H and O–H groups in total. The lowest BCUT2D eigenvalue weighted by atomic mass is 10.3. The van der Waals surface area contributed by atoms with Crippen LogP contribution >= 0.6 is 0 Å². The second kappa shape index (κ2) is 12.8. The molecule has 116 valence electrons. The Morgan fingerprint density at radius 1 is 0.737 bits per heavy atom. The molecule has 0 fully saturated rings. The summed E-state index contributed by atoms with van der Waals surface area (Å²) in [6, 6.07) is 0. The van der Waals surface area contributed by atoms with Gasteiger partial charge in [0.05, 0.1) is 12.9 Å². The quantitative estimate of drug-likeness (QED) is 0.364. The van der Waals surface area contributed by atoms with Crippen molar-refractivity contribution in [3.63, 3.8) is 0 Å². The van der Waals surface area contributed by atoms with Crippen molar-refractivity contribution in [2.75, 3.05) is 39.3 Å². The Morgan fingerprint density at radius 3 is 1.58 bits per heavy atom. The molecule has 19 heavy (non-hydrogen) atoms. The summed E-state index contributed by atoms with van der Waals surface area (Å²) >= 11 is 0. The largest absolute Gasteiger partial charge is 0.381 e. The molecule has 0 spiro atoms. The van der Waals surface area contributed by atoms with Crippen LogP contribution in [0.2, 0.25) is 0 Å². The van der Waals surface area contributed by atoms with Crippen molar-refractivity contribution in [3.8, 4) is 0 Å². The average molecular weight is 296 g/mol.